The molecule has 1 rings (SSSR count). The third-order valence-electron chi connectivity index (χ3n) is 2.03. The Morgan fingerprint density at radius 3 is 2.43 bits per heavy atom. The van der Waals surface area contributed by atoms with E-state index in [0.29, 0.717) is 5.56 Å². The summed E-state index contributed by atoms with van der Waals surface area (Å²) < 4.78 is 22.0. The fourth-order valence-corrected chi connectivity index (χ4v) is 1.79. The van der Waals surface area contributed by atoms with Crippen molar-refractivity contribution < 1.29 is 13.5 Å². The highest BCUT2D eigenvalue weighted by Crippen LogP contribution is 2.20. The summed E-state index contributed by atoms with van der Waals surface area (Å²) >= 11 is 0. The van der Waals surface area contributed by atoms with E-state index in [2.05, 4.69) is 0 Å². The third kappa shape index (κ3) is 2.31. The van der Waals surface area contributed by atoms with Crippen LogP contribution in [-0.4, -0.2) is 13.5 Å². The molecule has 0 aliphatic carbocycles. The number of sulfonamides is 1. The van der Waals surface area contributed by atoms with Crippen LogP contribution in [-0.2, 0) is 10.0 Å². The quantitative estimate of drug-likeness (QED) is 0.761. The molecule has 14 heavy (non-hydrogen) atoms. The van der Waals surface area contributed by atoms with Gasteiger partial charge in [-0.3, -0.25) is 0 Å². The number of aryl methyl sites for hydroxylation is 1. The Kier molecular flexibility index (Phi) is 2.94. The van der Waals surface area contributed by atoms with Gasteiger partial charge in [-0.1, -0.05) is 6.07 Å². The summed E-state index contributed by atoms with van der Waals surface area (Å²) in [6, 6.07) is 4.45. The van der Waals surface area contributed by atoms with Crippen molar-refractivity contribution in [2.45, 2.75) is 24.8 Å². The first kappa shape index (κ1) is 11.2. The van der Waals surface area contributed by atoms with Gasteiger partial charge in [0.25, 0.3) is 0 Å². The van der Waals surface area contributed by atoms with Gasteiger partial charge in [-0.05, 0) is 37.1 Å². The van der Waals surface area contributed by atoms with Gasteiger partial charge in [-0.15, -0.1) is 0 Å². The molecule has 1 aromatic rings. The normalized spacial score (nSPS) is 14.0. The highest BCUT2D eigenvalue weighted by Gasteiger charge is 2.12. The average molecular weight is 215 g/mol. The first-order chi connectivity index (χ1) is 6.32. The lowest BCUT2D eigenvalue weighted by Gasteiger charge is -2.09. The second kappa shape index (κ2) is 3.68. The van der Waals surface area contributed by atoms with Crippen molar-refractivity contribution in [2.24, 2.45) is 5.14 Å². The predicted octanol–water partition coefficient (Wildman–Crippen LogP) is 0.696. The molecule has 0 fully saturated rings. The Morgan fingerprint density at radius 1 is 1.43 bits per heavy atom. The van der Waals surface area contributed by atoms with Crippen molar-refractivity contribution in [3.8, 4) is 0 Å². The van der Waals surface area contributed by atoms with Gasteiger partial charge in [0.2, 0.25) is 10.0 Å². The summed E-state index contributed by atoms with van der Waals surface area (Å²) in [6.45, 7) is 3.38. The van der Waals surface area contributed by atoms with Gasteiger partial charge in [-0.2, -0.15) is 0 Å². The van der Waals surface area contributed by atoms with Crippen molar-refractivity contribution in [3.63, 3.8) is 0 Å². The van der Waals surface area contributed by atoms with Gasteiger partial charge in [0.15, 0.2) is 0 Å². The lowest BCUT2D eigenvalue weighted by Crippen LogP contribution is -2.13. The van der Waals surface area contributed by atoms with Crippen LogP contribution in [0.2, 0.25) is 0 Å². The number of hydrogen-bond acceptors (Lipinski definition) is 3. The minimum Gasteiger partial charge on any atom is -0.389 e. The second-order valence-corrected chi connectivity index (χ2v) is 4.80. The van der Waals surface area contributed by atoms with Gasteiger partial charge >= 0.3 is 0 Å². The highest BCUT2D eigenvalue weighted by atomic mass is 32.2. The Labute approximate surface area is 83.4 Å². The fourth-order valence-electron chi connectivity index (χ4n) is 1.25. The van der Waals surface area contributed by atoms with Crippen LogP contribution in [0.5, 0.6) is 0 Å². The van der Waals surface area contributed by atoms with E-state index < -0.39 is 16.1 Å². The van der Waals surface area contributed by atoms with Gasteiger partial charge in [-0.25, -0.2) is 13.6 Å². The van der Waals surface area contributed by atoms with Crippen LogP contribution in [0.1, 0.15) is 24.2 Å². The summed E-state index contributed by atoms with van der Waals surface area (Å²) in [5, 5.41) is 14.3. The summed E-state index contributed by atoms with van der Waals surface area (Å²) in [6.07, 6.45) is -0.698. The second-order valence-electron chi connectivity index (χ2n) is 3.24. The Morgan fingerprint density at radius 2 is 2.00 bits per heavy atom. The van der Waals surface area contributed by atoms with E-state index in [4.69, 9.17) is 5.14 Å². The molecule has 0 amide bonds. The Bertz CT molecular complexity index is 437. The Balaban J connectivity index is 3.34. The number of benzene rings is 1. The van der Waals surface area contributed by atoms with Crippen LogP contribution < -0.4 is 5.14 Å². The lowest BCUT2D eigenvalue weighted by atomic mass is 10.1. The maximum atomic E-state index is 11.0. The molecule has 0 heterocycles. The molecule has 0 saturated heterocycles. The molecule has 0 aliphatic heterocycles. The topological polar surface area (TPSA) is 80.4 Å². The van der Waals surface area contributed by atoms with Crippen molar-refractivity contribution in [1.29, 1.82) is 0 Å². The maximum absolute atomic E-state index is 11.0. The number of hydrogen-bond donors (Lipinski definition) is 2. The Hall–Kier alpha value is -0.910. The van der Waals surface area contributed by atoms with Crippen LogP contribution in [0.4, 0.5) is 0 Å². The van der Waals surface area contributed by atoms with Gasteiger partial charge in [0, 0.05) is 0 Å². The minimum atomic E-state index is -3.69. The molecule has 0 saturated carbocycles. The summed E-state index contributed by atoms with van der Waals surface area (Å²) in [4.78, 5) is 0.0269. The zero-order valence-corrected chi connectivity index (χ0v) is 8.88. The predicted molar refractivity (Wildman–Crippen MR) is 53.2 cm³/mol. The lowest BCUT2D eigenvalue weighted by molar-refractivity contribution is 0.198. The van der Waals surface area contributed by atoms with Gasteiger partial charge < -0.3 is 5.11 Å². The van der Waals surface area contributed by atoms with E-state index in [1.54, 1.807) is 19.9 Å². The average Bonchev–Trinajstić information content (AvgIpc) is 2.02. The molecule has 0 spiro atoms. The summed E-state index contributed by atoms with van der Waals surface area (Å²) in [5.41, 5.74) is 1.42. The molecule has 1 unspecified atom stereocenters. The van der Waals surface area contributed by atoms with Crippen LogP contribution in [0.25, 0.3) is 0 Å². The number of rotatable bonds is 2. The monoisotopic (exact) mass is 215 g/mol. The van der Waals surface area contributed by atoms with E-state index in [9.17, 15) is 13.5 Å². The van der Waals surface area contributed by atoms with Crippen LogP contribution >= 0.6 is 0 Å². The van der Waals surface area contributed by atoms with Crippen LogP contribution in [0.15, 0.2) is 23.1 Å². The molecule has 4 nitrogen and oxygen atoms in total. The number of aliphatic hydroxyl groups is 1. The van der Waals surface area contributed by atoms with Crippen molar-refractivity contribution >= 4 is 10.0 Å². The van der Waals surface area contributed by atoms with Gasteiger partial charge in [0.05, 0.1) is 11.0 Å². The van der Waals surface area contributed by atoms with E-state index in [1.165, 1.54) is 12.1 Å². The molecule has 0 aromatic heterocycles. The smallest absolute Gasteiger partial charge is 0.238 e. The van der Waals surface area contributed by atoms with Gasteiger partial charge in [0.1, 0.15) is 0 Å². The van der Waals surface area contributed by atoms with Crippen LogP contribution in [0, 0.1) is 6.92 Å². The largest absolute Gasteiger partial charge is 0.389 e. The molecule has 3 N–H and O–H groups in total. The van der Waals surface area contributed by atoms with E-state index in [1.807, 2.05) is 0 Å². The zero-order valence-electron chi connectivity index (χ0n) is 8.06. The first-order valence-corrected chi connectivity index (χ1v) is 5.68. The molecule has 0 bridgehead atoms. The molecule has 5 heteroatoms. The number of nitrogens with two attached hydrogens (primary N) is 1. The molecule has 78 valence electrons. The van der Waals surface area contributed by atoms with E-state index in [-0.39, 0.29) is 4.90 Å². The SMILES string of the molecule is Cc1ccc(S(N)(=O)=O)cc1C(C)O. The molecule has 0 radical (unpaired) electrons. The highest BCUT2D eigenvalue weighted by molar-refractivity contribution is 7.89. The number of primary sulfonamides is 1. The van der Waals surface area contributed by atoms with Crippen molar-refractivity contribution in [1.82, 2.24) is 0 Å². The molecule has 1 aromatic carbocycles. The van der Waals surface area contributed by atoms with Crippen molar-refractivity contribution in [2.75, 3.05) is 0 Å². The van der Waals surface area contributed by atoms with Crippen molar-refractivity contribution in [3.05, 3.63) is 29.3 Å². The molecular formula is C9H13NO3S. The standard InChI is InChI=1S/C9H13NO3S/c1-6-3-4-8(14(10,12)13)5-9(6)7(2)11/h3-5,7,11H,1-2H3,(H2,10,12,13). The minimum absolute atomic E-state index is 0.0269. The molecule has 0 aliphatic rings. The maximum Gasteiger partial charge on any atom is 0.238 e. The third-order valence-corrected chi connectivity index (χ3v) is 2.94. The summed E-state index contributed by atoms with van der Waals surface area (Å²) in [5.74, 6) is 0. The summed E-state index contributed by atoms with van der Waals surface area (Å²) in [7, 11) is -3.69. The van der Waals surface area contributed by atoms with E-state index in [0.717, 1.165) is 5.56 Å². The number of aliphatic hydroxyl groups excluding tert-OH is 1. The fraction of sp³-hybridized carbons (Fsp3) is 0.333. The van der Waals surface area contributed by atoms with Crippen LogP contribution in [0.3, 0.4) is 0 Å². The zero-order chi connectivity index (χ0) is 10.9. The first-order valence-electron chi connectivity index (χ1n) is 4.14. The molecular weight excluding hydrogens is 202 g/mol. The molecule has 1 atom stereocenters. The van der Waals surface area contributed by atoms with E-state index >= 15 is 0 Å².